The Kier molecular flexibility index (Phi) is 7.43. The van der Waals surface area contributed by atoms with Gasteiger partial charge in [-0.25, -0.2) is 13.2 Å². The van der Waals surface area contributed by atoms with E-state index in [1.807, 2.05) is 0 Å². The van der Waals surface area contributed by atoms with Crippen LogP contribution in [-0.4, -0.2) is 62.2 Å². The van der Waals surface area contributed by atoms with Crippen LogP contribution in [0.3, 0.4) is 0 Å². The molecule has 0 aromatic heterocycles. The summed E-state index contributed by atoms with van der Waals surface area (Å²) in [6, 6.07) is 10.4. The Morgan fingerprint density at radius 2 is 1.58 bits per heavy atom. The van der Waals surface area contributed by atoms with Crippen molar-refractivity contribution in [3.63, 3.8) is 0 Å². The van der Waals surface area contributed by atoms with Crippen LogP contribution in [0.5, 0.6) is 0 Å². The largest absolute Gasteiger partial charge is 0.416 e. The van der Waals surface area contributed by atoms with Crippen molar-refractivity contribution in [2.24, 2.45) is 0 Å². The van der Waals surface area contributed by atoms with E-state index in [2.05, 4.69) is 5.32 Å². The van der Waals surface area contributed by atoms with Crippen molar-refractivity contribution < 1.29 is 31.2 Å². The van der Waals surface area contributed by atoms with Crippen LogP contribution in [0, 0.1) is 0 Å². The second kappa shape index (κ2) is 9.92. The molecule has 33 heavy (non-hydrogen) atoms. The number of sulfonamides is 1. The molecule has 7 nitrogen and oxygen atoms in total. The summed E-state index contributed by atoms with van der Waals surface area (Å²) in [5.74, 6) is -0.166. The van der Waals surface area contributed by atoms with E-state index < -0.39 is 27.8 Å². The van der Waals surface area contributed by atoms with E-state index in [4.69, 9.17) is 0 Å². The summed E-state index contributed by atoms with van der Waals surface area (Å²) in [4.78, 5) is 25.3. The highest BCUT2D eigenvalue weighted by Gasteiger charge is 2.33. The molecular weight excluding hydrogens is 459 g/mol. The highest BCUT2D eigenvalue weighted by atomic mass is 32.2. The van der Waals surface area contributed by atoms with Crippen molar-refractivity contribution in [2.45, 2.75) is 24.4 Å². The number of amides is 2. The molecule has 2 aromatic rings. The molecule has 0 unspecified atom stereocenters. The van der Waals surface area contributed by atoms with E-state index in [0.717, 1.165) is 6.07 Å². The number of piperazine rings is 1. The monoisotopic (exact) mass is 483 g/mol. The van der Waals surface area contributed by atoms with Crippen LogP contribution in [0.25, 0.3) is 0 Å². The standard InChI is InChI=1S/C22H24F3N3O4S/c1-16(29)17-6-8-19(9-7-17)33(31,32)28-14-12-27(13-15-28)21(30)26-11-10-18-4-2-3-5-20(18)22(23,24)25/h2-9H,10-15H2,1H3,(H,26,30). The van der Waals surface area contributed by atoms with Crippen molar-refractivity contribution in [1.82, 2.24) is 14.5 Å². The second-order valence-corrected chi connectivity index (χ2v) is 9.55. The van der Waals surface area contributed by atoms with E-state index in [-0.39, 0.29) is 55.4 Å². The first kappa shape index (κ1) is 24.7. The average Bonchev–Trinajstić information content (AvgIpc) is 2.78. The Labute approximate surface area is 190 Å². The van der Waals surface area contributed by atoms with E-state index in [1.54, 1.807) is 0 Å². The molecule has 1 aliphatic rings. The maximum atomic E-state index is 13.1. The van der Waals surface area contributed by atoms with Gasteiger partial charge in [-0.3, -0.25) is 4.79 Å². The van der Waals surface area contributed by atoms with Gasteiger partial charge in [0.05, 0.1) is 10.5 Å². The second-order valence-electron chi connectivity index (χ2n) is 7.61. The summed E-state index contributed by atoms with van der Waals surface area (Å²) in [6.07, 6.45) is -4.44. The van der Waals surface area contributed by atoms with E-state index in [9.17, 15) is 31.2 Å². The lowest BCUT2D eigenvalue weighted by Crippen LogP contribution is -2.53. The Balaban J connectivity index is 1.52. The van der Waals surface area contributed by atoms with Crippen LogP contribution in [0.2, 0.25) is 0 Å². The van der Waals surface area contributed by atoms with Crippen LogP contribution < -0.4 is 5.32 Å². The van der Waals surface area contributed by atoms with E-state index in [0.29, 0.717) is 5.56 Å². The molecule has 0 bridgehead atoms. The van der Waals surface area contributed by atoms with Gasteiger partial charge in [0, 0.05) is 38.3 Å². The molecular formula is C22H24F3N3O4S. The number of carbonyl (C=O) groups is 2. The third-order valence-corrected chi connectivity index (χ3v) is 7.33. The molecule has 0 radical (unpaired) electrons. The van der Waals surface area contributed by atoms with Crippen molar-refractivity contribution in [1.29, 1.82) is 0 Å². The molecule has 1 N–H and O–H groups in total. The molecule has 2 aromatic carbocycles. The zero-order valence-corrected chi connectivity index (χ0v) is 18.7. The first-order valence-corrected chi connectivity index (χ1v) is 11.7. The third-order valence-electron chi connectivity index (χ3n) is 5.42. The van der Waals surface area contributed by atoms with Crippen LogP contribution in [0.15, 0.2) is 53.4 Å². The average molecular weight is 484 g/mol. The number of rotatable bonds is 6. The lowest BCUT2D eigenvalue weighted by atomic mass is 10.0. The molecule has 2 amide bonds. The zero-order valence-electron chi connectivity index (χ0n) is 17.9. The number of ketones is 1. The maximum absolute atomic E-state index is 13.1. The highest BCUT2D eigenvalue weighted by Crippen LogP contribution is 2.31. The fourth-order valence-electron chi connectivity index (χ4n) is 3.57. The van der Waals surface area contributed by atoms with Gasteiger partial charge < -0.3 is 10.2 Å². The molecule has 1 aliphatic heterocycles. The van der Waals surface area contributed by atoms with Crippen LogP contribution >= 0.6 is 0 Å². The minimum atomic E-state index is -4.46. The van der Waals surface area contributed by atoms with Crippen LogP contribution in [0.1, 0.15) is 28.4 Å². The van der Waals surface area contributed by atoms with E-state index >= 15 is 0 Å². The number of urea groups is 1. The number of halogens is 3. The molecule has 1 saturated heterocycles. The molecule has 11 heteroatoms. The number of hydrogen-bond donors (Lipinski definition) is 1. The van der Waals surface area contributed by atoms with Crippen molar-refractivity contribution in [2.75, 3.05) is 32.7 Å². The summed E-state index contributed by atoms with van der Waals surface area (Å²) in [7, 11) is -3.77. The molecule has 1 fully saturated rings. The van der Waals surface area contributed by atoms with E-state index in [1.165, 1.54) is 58.6 Å². The Morgan fingerprint density at radius 1 is 0.970 bits per heavy atom. The molecule has 0 saturated carbocycles. The third kappa shape index (κ3) is 5.91. The fourth-order valence-corrected chi connectivity index (χ4v) is 5.00. The van der Waals surface area contributed by atoms with Crippen LogP contribution in [0.4, 0.5) is 18.0 Å². The summed E-state index contributed by atoms with van der Waals surface area (Å²) in [5, 5.41) is 2.60. The minimum absolute atomic E-state index is 0.0199. The number of alkyl halides is 3. The topological polar surface area (TPSA) is 86.8 Å². The Bertz CT molecular complexity index is 1110. The summed E-state index contributed by atoms with van der Waals surface area (Å²) >= 11 is 0. The van der Waals surface area contributed by atoms with Crippen molar-refractivity contribution >= 4 is 21.8 Å². The van der Waals surface area contributed by atoms with Gasteiger partial charge in [0.2, 0.25) is 10.0 Å². The first-order valence-electron chi connectivity index (χ1n) is 10.3. The quantitative estimate of drug-likeness (QED) is 0.640. The van der Waals surface area contributed by atoms with Gasteiger partial charge in [-0.1, -0.05) is 30.3 Å². The molecule has 1 heterocycles. The molecule has 178 valence electrons. The molecule has 3 rings (SSSR count). The predicted molar refractivity (Wildman–Crippen MR) is 115 cm³/mol. The van der Waals surface area contributed by atoms with Crippen molar-refractivity contribution in [3.05, 3.63) is 65.2 Å². The Hall–Kier alpha value is -2.92. The smallest absolute Gasteiger partial charge is 0.338 e. The SMILES string of the molecule is CC(=O)c1ccc(S(=O)(=O)N2CCN(C(=O)NCCc3ccccc3C(F)(F)F)CC2)cc1. The first-order chi connectivity index (χ1) is 15.5. The normalized spacial score (nSPS) is 15.3. The lowest BCUT2D eigenvalue weighted by molar-refractivity contribution is -0.138. The predicted octanol–water partition coefficient (Wildman–Crippen LogP) is 3.17. The lowest BCUT2D eigenvalue weighted by Gasteiger charge is -2.34. The van der Waals surface area contributed by atoms with Gasteiger partial charge in [-0.15, -0.1) is 0 Å². The number of carbonyl (C=O) groups excluding carboxylic acids is 2. The molecule has 0 spiro atoms. The van der Waals surface area contributed by atoms with Gasteiger partial charge >= 0.3 is 12.2 Å². The number of nitrogens with one attached hydrogen (secondary N) is 1. The van der Waals surface area contributed by atoms with Crippen LogP contribution in [-0.2, 0) is 22.6 Å². The number of hydrogen-bond acceptors (Lipinski definition) is 4. The number of Topliss-reactive ketones (excluding diaryl/α,β-unsaturated/α-hetero) is 1. The molecule has 0 atom stereocenters. The number of nitrogens with zero attached hydrogens (tertiary/aromatic N) is 2. The fraction of sp³-hybridized carbons (Fsp3) is 0.364. The summed E-state index contributed by atoms with van der Waals surface area (Å²) in [5.41, 5.74) is -0.222. The van der Waals surface area contributed by atoms with Gasteiger partial charge in [0.1, 0.15) is 0 Å². The van der Waals surface area contributed by atoms with Gasteiger partial charge in [-0.2, -0.15) is 17.5 Å². The Morgan fingerprint density at radius 3 is 2.15 bits per heavy atom. The van der Waals surface area contributed by atoms with Gasteiger partial charge in [0.15, 0.2) is 5.78 Å². The zero-order chi connectivity index (χ0) is 24.2. The maximum Gasteiger partial charge on any atom is 0.416 e. The number of benzene rings is 2. The summed E-state index contributed by atoms with van der Waals surface area (Å²) in [6.45, 7) is 1.88. The molecule has 0 aliphatic carbocycles. The summed E-state index contributed by atoms with van der Waals surface area (Å²) < 4.78 is 66.1. The van der Waals surface area contributed by atoms with Gasteiger partial charge in [-0.05, 0) is 37.1 Å². The highest BCUT2D eigenvalue weighted by molar-refractivity contribution is 7.89. The van der Waals surface area contributed by atoms with Crippen molar-refractivity contribution in [3.8, 4) is 0 Å². The van der Waals surface area contributed by atoms with Gasteiger partial charge in [0.25, 0.3) is 0 Å². The minimum Gasteiger partial charge on any atom is -0.338 e.